The maximum atomic E-state index is 13.7. The van der Waals surface area contributed by atoms with Crippen molar-refractivity contribution in [3.8, 4) is 17.2 Å². The Morgan fingerprint density at radius 1 is 1.12 bits per heavy atom. The van der Waals surface area contributed by atoms with Crippen molar-refractivity contribution in [2.75, 3.05) is 20.2 Å². The number of likely N-dealkylation sites (N-methyl/N-ethyl adjacent to an activating group) is 1. The van der Waals surface area contributed by atoms with Gasteiger partial charge in [0.2, 0.25) is 5.78 Å². The molecule has 2 aromatic rings. The molecular weight excluding hydrogens is 520 g/mol. The SMILES string of the molecule is CCNCC(=O)[C@@H]1Cc2c(O)c3c(c(O)c2[C@@H](O[C@H]2C[C@H](N)[C@@H](O)[C@H](C)O2)C1)C(=O)c1c(OC)cccc1C3=O. The lowest BCUT2D eigenvalue weighted by Gasteiger charge is -2.40. The van der Waals surface area contributed by atoms with Gasteiger partial charge in [0, 0.05) is 35.1 Å². The lowest BCUT2D eigenvalue weighted by molar-refractivity contribution is -0.243. The van der Waals surface area contributed by atoms with Gasteiger partial charge in [-0.1, -0.05) is 19.1 Å². The smallest absolute Gasteiger partial charge is 0.202 e. The van der Waals surface area contributed by atoms with Crippen molar-refractivity contribution in [2.24, 2.45) is 11.7 Å². The minimum atomic E-state index is -0.975. The number of hydrogen-bond acceptors (Lipinski definition) is 11. The first-order valence-electron chi connectivity index (χ1n) is 13.4. The number of methoxy groups -OCH3 is 1. The van der Waals surface area contributed by atoms with E-state index >= 15 is 0 Å². The van der Waals surface area contributed by atoms with E-state index in [1.54, 1.807) is 13.0 Å². The molecule has 11 heteroatoms. The number of nitrogens with two attached hydrogens (primary N) is 1. The van der Waals surface area contributed by atoms with Crippen molar-refractivity contribution < 1.29 is 43.9 Å². The summed E-state index contributed by atoms with van der Waals surface area (Å²) in [5.41, 5.74) is 5.77. The zero-order chi connectivity index (χ0) is 28.9. The monoisotopic (exact) mass is 554 g/mol. The maximum absolute atomic E-state index is 13.7. The van der Waals surface area contributed by atoms with Crippen LogP contribution in [-0.4, -0.2) is 77.4 Å². The molecule has 0 unspecified atom stereocenters. The molecule has 0 bridgehead atoms. The van der Waals surface area contributed by atoms with Crippen molar-refractivity contribution >= 4 is 17.3 Å². The fraction of sp³-hybridized carbons (Fsp3) is 0.483. The fourth-order valence-corrected chi connectivity index (χ4v) is 6.00. The number of benzene rings is 2. The second-order valence-corrected chi connectivity index (χ2v) is 10.5. The van der Waals surface area contributed by atoms with Crippen LogP contribution in [0.25, 0.3) is 0 Å². The van der Waals surface area contributed by atoms with E-state index in [9.17, 15) is 29.7 Å². The van der Waals surface area contributed by atoms with Crippen LogP contribution in [0, 0.1) is 5.92 Å². The molecule has 1 heterocycles. The highest BCUT2D eigenvalue weighted by Crippen LogP contribution is 2.51. The van der Waals surface area contributed by atoms with E-state index < -0.39 is 59.6 Å². The fourth-order valence-electron chi connectivity index (χ4n) is 6.00. The molecular formula is C29H34N2O9. The van der Waals surface area contributed by atoms with Crippen LogP contribution in [0.2, 0.25) is 0 Å². The number of Topliss-reactive ketones (excluding diaryl/α,β-unsaturated/α-hetero) is 1. The number of carbonyl (C=O) groups excluding carboxylic acids is 3. The molecule has 6 N–H and O–H groups in total. The number of ketones is 3. The molecule has 6 atom stereocenters. The first kappa shape index (κ1) is 28.2. The first-order chi connectivity index (χ1) is 19.1. The predicted octanol–water partition coefficient (Wildman–Crippen LogP) is 1.50. The normalized spacial score (nSPS) is 27.5. The molecule has 5 rings (SSSR count). The topological polar surface area (TPSA) is 178 Å². The Hall–Kier alpha value is -3.35. The average molecular weight is 555 g/mol. The van der Waals surface area contributed by atoms with Gasteiger partial charge in [-0.15, -0.1) is 0 Å². The van der Waals surface area contributed by atoms with Crippen molar-refractivity contribution in [1.82, 2.24) is 5.32 Å². The Balaban J connectivity index is 1.63. The molecule has 0 saturated carbocycles. The van der Waals surface area contributed by atoms with Crippen LogP contribution >= 0.6 is 0 Å². The van der Waals surface area contributed by atoms with Gasteiger partial charge in [-0.2, -0.15) is 0 Å². The van der Waals surface area contributed by atoms with Crippen molar-refractivity contribution in [2.45, 2.75) is 63.8 Å². The number of carbonyl (C=O) groups is 3. The lowest BCUT2D eigenvalue weighted by Crippen LogP contribution is -2.52. The van der Waals surface area contributed by atoms with E-state index in [1.807, 2.05) is 6.92 Å². The van der Waals surface area contributed by atoms with Crippen LogP contribution in [0.3, 0.4) is 0 Å². The maximum Gasteiger partial charge on any atom is 0.202 e. The Morgan fingerprint density at radius 2 is 1.85 bits per heavy atom. The van der Waals surface area contributed by atoms with Crippen LogP contribution in [0.5, 0.6) is 17.2 Å². The van der Waals surface area contributed by atoms with Gasteiger partial charge in [-0.05, 0) is 32.4 Å². The number of phenols is 2. The molecule has 1 fully saturated rings. The summed E-state index contributed by atoms with van der Waals surface area (Å²) in [6.45, 7) is 4.22. The van der Waals surface area contributed by atoms with Gasteiger partial charge in [0.1, 0.15) is 23.0 Å². The molecule has 1 saturated heterocycles. The molecule has 3 aliphatic rings. The van der Waals surface area contributed by atoms with Crippen molar-refractivity contribution in [3.05, 3.63) is 51.6 Å². The van der Waals surface area contributed by atoms with Crippen molar-refractivity contribution in [1.29, 1.82) is 0 Å². The molecule has 2 aliphatic carbocycles. The number of hydrogen-bond donors (Lipinski definition) is 5. The molecule has 214 valence electrons. The molecule has 0 aromatic heterocycles. The van der Waals surface area contributed by atoms with Crippen LogP contribution in [0.15, 0.2) is 18.2 Å². The highest BCUT2D eigenvalue weighted by Gasteiger charge is 2.45. The number of nitrogens with one attached hydrogen (secondary N) is 1. The molecule has 11 nitrogen and oxygen atoms in total. The van der Waals surface area contributed by atoms with Gasteiger partial charge in [0.15, 0.2) is 12.1 Å². The number of aliphatic hydroxyl groups is 1. The van der Waals surface area contributed by atoms with Gasteiger partial charge in [0.05, 0.1) is 48.7 Å². The van der Waals surface area contributed by atoms with E-state index in [2.05, 4.69) is 5.32 Å². The number of aliphatic hydroxyl groups excluding tert-OH is 1. The summed E-state index contributed by atoms with van der Waals surface area (Å²) < 4.78 is 17.4. The molecule has 0 radical (unpaired) electrons. The highest BCUT2D eigenvalue weighted by molar-refractivity contribution is 6.31. The third-order valence-electron chi connectivity index (χ3n) is 8.10. The summed E-state index contributed by atoms with van der Waals surface area (Å²) >= 11 is 0. The second-order valence-electron chi connectivity index (χ2n) is 10.5. The zero-order valence-electron chi connectivity index (χ0n) is 22.6. The minimum Gasteiger partial charge on any atom is -0.507 e. The molecule has 40 heavy (non-hydrogen) atoms. The third-order valence-corrected chi connectivity index (χ3v) is 8.10. The summed E-state index contributed by atoms with van der Waals surface area (Å²) in [5, 5.41) is 36.3. The number of rotatable bonds is 7. The number of ether oxygens (including phenoxy) is 3. The van der Waals surface area contributed by atoms with Crippen molar-refractivity contribution in [3.63, 3.8) is 0 Å². The molecule has 1 aliphatic heterocycles. The second kappa shape index (κ2) is 10.9. The number of phenolic OH excluding ortho intramolecular Hbond substituents is 2. The standard InChI is InChI=1S/C29H34N2O9/c1-4-31-11-17(32)13-8-15-22(19(9-13)40-20-10-16(30)25(33)12(2)39-20)29(37)24-23(27(15)35)26(34)14-6-5-7-18(38-3)21(14)28(24)36/h5-7,12-13,16,19-20,25,31,33,35,37H,4,8-11,30H2,1-3H3/t12-,13+,16-,19-,20-,25-/m0/s1. The van der Waals surface area contributed by atoms with Gasteiger partial charge in [-0.3, -0.25) is 14.4 Å². The zero-order valence-corrected chi connectivity index (χ0v) is 22.6. The van der Waals surface area contributed by atoms with Gasteiger partial charge >= 0.3 is 0 Å². The minimum absolute atomic E-state index is 0.00600. The summed E-state index contributed by atoms with van der Waals surface area (Å²) in [5.74, 6) is -2.83. The largest absolute Gasteiger partial charge is 0.507 e. The van der Waals surface area contributed by atoms with Crippen LogP contribution < -0.4 is 15.8 Å². The Bertz CT molecular complexity index is 1360. The number of aromatic hydroxyl groups is 2. The van der Waals surface area contributed by atoms with E-state index in [0.717, 1.165) is 0 Å². The predicted molar refractivity (Wildman–Crippen MR) is 142 cm³/mol. The van der Waals surface area contributed by atoms with Gasteiger partial charge < -0.3 is 40.6 Å². The van der Waals surface area contributed by atoms with E-state index in [0.29, 0.717) is 6.54 Å². The lowest BCUT2D eigenvalue weighted by atomic mass is 9.73. The quantitative estimate of drug-likeness (QED) is 0.267. The third kappa shape index (κ3) is 4.57. The Labute approximate surface area is 231 Å². The number of fused-ring (bicyclic) bond motifs is 3. The molecule has 2 aromatic carbocycles. The Kier molecular flexibility index (Phi) is 7.68. The van der Waals surface area contributed by atoms with E-state index in [-0.39, 0.29) is 70.7 Å². The van der Waals surface area contributed by atoms with E-state index in [4.69, 9.17) is 19.9 Å². The van der Waals surface area contributed by atoms with Crippen LogP contribution in [0.4, 0.5) is 0 Å². The molecule has 0 amide bonds. The van der Waals surface area contributed by atoms with Gasteiger partial charge in [-0.25, -0.2) is 0 Å². The Morgan fingerprint density at radius 3 is 2.52 bits per heavy atom. The van der Waals surface area contributed by atoms with Crippen LogP contribution in [0.1, 0.15) is 75.8 Å². The summed E-state index contributed by atoms with van der Waals surface area (Å²) in [6, 6.07) is 3.94. The average Bonchev–Trinajstić information content (AvgIpc) is 2.94. The molecule has 0 spiro atoms. The van der Waals surface area contributed by atoms with Crippen LogP contribution in [-0.2, 0) is 20.7 Å². The van der Waals surface area contributed by atoms with Gasteiger partial charge in [0.25, 0.3) is 0 Å². The summed E-state index contributed by atoms with van der Waals surface area (Å²) in [4.78, 5) is 40.4. The first-order valence-corrected chi connectivity index (χ1v) is 13.4. The summed E-state index contributed by atoms with van der Waals surface area (Å²) in [7, 11) is 1.37. The summed E-state index contributed by atoms with van der Waals surface area (Å²) in [6.07, 6.45) is -3.06. The van der Waals surface area contributed by atoms with E-state index in [1.165, 1.54) is 19.2 Å². The highest BCUT2D eigenvalue weighted by atomic mass is 16.7.